The molecule has 0 aliphatic heterocycles. The molecule has 116 valence electrons. The molecule has 1 amide bonds. The first-order valence-electron chi connectivity index (χ1n) is 7.84. The quantitative estimate of drug-likeness (QED) is 0.870. The number of hydrogen-bond acceptors (Lipinski definition) is 3. The van der Waals surface area contributed by atoms with Crippen LogP contribution in [-0.4, -0.2) is 37.5 Å². The third-order valence-corrected chi connectivity index (χ3v) is 4.43. The van der Waals surface area contributed by atoms with Crippen LogP contribution in [0, 0.1) is 5.92 Å². The van der Waals surface area contributed by atoms with Gasteiger partial charge in [0, 0.05) is 12.6 Å². The van der Waals surface area contributed by atoms with E-state index in [1.807, 2.05) is 32.3 Å². The summed E-state index contributed by atoms with van der Waals surface area (Å²) in [6.07, 6.45) is 4.15. The molecule has 1 aromatic rings. The number of amides is 1. The highest BCUT2D eigenvalue weighted by Gasteiger charge is 2.28. The lowest BCUT2D eigenvalue weighted by Gasteiger charge is -2.30. The number of nitrogens with two attached hydrogens (primary N) is 1. The Morgan fingerprint density at radius 1 is 1.29 bits per heavy atom. The average molecular weight is 289 g/mol. The lowest BCUT2D eigenvalue weighted by Crippen LogP contribution is -2.45. The Morgan fingerprint density at radius 2 is 1.95 bits per heavy atom. The number of likely N-dealkylation sites (N-methyl/N-ethyl adjacent to an activating group) is 1. The Bertz CT molecular complexity index is 447. The van der Waals surface area contributed by atoms with Crippen LogP contribution in [-0.2, 0) is 4.79 Å². The van der Waals surface area contributed by atoms with Gasteiger partial charge >= 0.3 is 0 Å². The van der Waals surface area contributed by atoms with Gasteiger partial charge in [0.1, 0.15) is 0 Å². The van der Waals surface area contributed by atoms with E-state index in [-0.39, 0.29) is 23.9 Å². The van der Waals surface area contributed by atoms with Gasteiger partial charge in [0.05, 0.1) is 12.0 Å². The zero-order valence-electron chi connectivity index (χ0n) is 13.1. The van der Waals surface area contributed by atoms with Crippen LogP contribution >= 0.6 is 0 Å². The molecule has 0 aromatic heterocycles. The van der Waals surface area contributed by atoms with Crippen molar-refractivity contribution >= 4 is 5.91 Å². The molecule has 0 spiro atoms. The number of carbonyl (C=O) groups excluding carboxylic acids is 1. The van der Waals surface area contributed by atoms with Crippen molar-refractivity contribution in [2.24, 2.45) is 11.7 Å². The molecule has 1 aromatic carbocycles. The number of benzene rings is 1. The normalized spacial score (nSPS) is 23.8. The highest BCUT2D eigenvalue weighted by atomic mass is 16.1. The van der Waals surface area contributed by atoms with Gasteiger partial charge in [-0.15, -0.1) is 0 Å². The SMILES string of the molecule is CN(C)C(CNC(=O)C1CCCCC1N)c1ccccc1. The second-order valence-electron chi connectivity index (χ2n) is 6.19. The molecule has 3 atom stereocenters. The molecular formula is C17H27N3O. The van der Waals surface area contributed by atoms with Gasteiger partial charge in [-0.05, 0) is 32.5 Å². The molecule has 1 aliphatic carbocycles. The lowest BCUT2D eigenvalue weighted by atomic mass is 9.84. The topological polar surface area (TPSA) is 58.4 Å². The zero-order valence-corrected chi connectivity index (χ0v) is 13.1. The van der Waals surface area contributed by atoms with Gasteiger partial charge < -0.3 is 16.0 Å². The predicted molar refractivity (Wildman–Crippen MR) is 85.8 cm³/mol. The molecule has 3 N–H and O–H groups in total. The highest BCUT2D eigenvalue weighted by Crippen LogP contribution is 2.23. The Balaban J connectivity index is 1.94. The van der Waals surface area contributed by atoms with Gasteiger partial charge in [-0.25, -0.2) is 0 Å². The van der Waals surface area contributed by atoms with Crippen LogP contribution < -0.4 is 11.1 Å². The van der Waals surface area contributed by atoms with Crippen LogP contribution in [0.15, 0.2) is 30.3 Å². The van der Waals surface area contributed by atoms with Crippen molar-refractivity contribution in [3.05, 3.63) is 35.9 Å². The fourth-order valence-electron chi connectivity index (χ4n) is 3.09. The maximum atomic E-state index is 12.4. The van der Waals surface area contributed by atoms with Crippen molar-refractivity contribution in [3.8, 4) is 0 Å². The molecule has 0 saturated heterocycles. The van der Waals surface area contributed by atoms with Gasteiger partial charge in [0.25, 0.3) is 0 Å². The minimum atomic E-state index is -0.0164. The highest BCUT2D eigenvalue weighted by molar-refractivity contribution is 5.79. The van der Waals surface area contributed by atoms with Crippen molar-refractivity contribution in [3.63, 3.8) is 0 Å². The fraction of sp³-hybridized carbons (Fsp3) is 0.588. The minimum absolute atomic E-state index is 0.0164. The van der Waals surface area contributed by atoms with Crippen molar-refractivity contribution in [1.29, 1.82) is 0 Å². The maximum Gasteiger partial charge on any atom is 0.224 e. The van der Waals surface area contributed by atoms with Gasteiger partial charge in [0.2, 0.25) is 5.91 Å². The summed E-state index contributed by atoms with van der Waals surface area (Å²) in [5, 5.41) is 3.10. The molecule has 2 rings (SSSR count). The number of nitrogens with one attached hydrogen (secondary N) is 1. The van der Waals surface area contributed by atoms with Crippen molar-refractivity contribution in [2.75, 3.05) is 20.6 Å². The van der Waals surface area contributed by atoms with E-state index in [0.29, 0.717) is 6.54 Å². The Kier molecular flexibility index (Phi) is 5.76. The van der Waals surface area contributed by atoms with Crippen molar-refractivity contribution < 1.29 is 4.79 Å². The van der Waals surface area contributed by atoms with E-state index in [1.165, 1.54) is 5.56 Å². The Labute approximate surface area is 127 Å². The lowest BCUT2D eigenvalue weighted by molar-refractivity contribution is -0.126. The standard InChI is InChI=1S/C17H27N3O/c1-20(2)16(13-8-4-3-5-9-13)12-19-17(21)14-10-6-7-11-15(14)18/h3-5,8-9,14-16H,6-7,10-12,18H2,1-2H3,(H,19,21). The summed E-state index contributed by atoms with van der Waals surface area (Å²) in [6.45, 7) is 0.624. The fourth-order valence-corrected chi connectivity index (χ4v) is 3.09. The van der Waals surface area contributed by atoms with Gasteiger partial charge in [-0.1, -0.05) is 43.2 Å². The van der Waals surface area contributed by atoms with E-state index in [1.54, 1.807) is 0 Å². The predicted octanol–water partition coefficient (Wildman–Crippen LogP) is 1.92. The molecule has 0 heterocycles. The summed E-state index contributed by atoms with van der Waals surface area (Å²) < 4.78 is 0. The van der Waals surface area contributed by atoms with E-state index in [4.69, 9.17) is 5.73 Å². The van der Waals surface area contributed by atoms with Gasteiger partial charge in [0.15, 0.2) is 0 Å². The second-order valence-corrected chi connectivity index (χ2v) is 6.19. The molecule has 0 radical (unpaired) electrons. The van der Waals surface area contributed by atoms with E-state index in [2.05, 4.69) is 22.3 Å². The molecular weight excluding hydrogens is 262 g/mol. The molecule has 1 saturated carbocycles. The Morgan fingerprint density at radius 3 is 2.57 bits per heavy atom. The van der Waals surface area contributed by atoms with E-state index in [9.17, 15) is 4.79 Å². The molecule has 1 aliphatic rings. The summed E-state index contributed by atoms with van der Waals surface area (Å²) in [4.78, 5) is 14.5. The largest absolute Gasteiger partial charge is 0.354 e. The molecule has 21 heavy (non-hydrogen) atoms. The molecule has 1 fully saturated rings. The minimum Gasteiger partial charge on any atom is -0.354 e. The molecule has 0 bridgehead atoms. The van der Waals surface area contributed by atoms with Crippen molar-refractivity contribution in [2.45, 2.75) is 37.8 Å². The number of carbonyl (C=O) groups is 1. The van der Waals surface area contributed by atoms with Crippen LogP contribution in [0.2, 0.25) is 0 Å². The average Bonchev–Trinajstić information content (AvgIpc) is 2.48. The van der Waals surface area contributed by atoms with E-state index < -0.39 is 0 Å². The van der Waals surface area contributed by atoms with E-state index >= 15 is 0 Å². The van der Waals surface area contributed by atoms with Crippen molar-refractivity contribution in [1.82, 2.24) is 10.2 Å². The monoisotopic (exact) mass is 289 g/mol. The zero-order chi connectivity index (χ0) is 15.2. The maximum absolute atomic E-state index is 12.4. The first-order chi connectivity index (χ1) is 10.1. The van der Waals surface area contributed by atoms with Crippen LogP contribution in [0.25, 0.3) is 0 Å². The smallest absolute Gasteiger partial charge is 0.224 e. The summed E-state index contributed by atoms with van der Waals surface area (Å²) in [5.41, 5.74) is 7.30. The first kappa shape index (κ1) is 16.0. The van der Waals surface area contributed by atoms with Gasteiger partial charge in [-0.2, -0.15) is 0 Å². The molecule has 4 heteroatoms. The number of nitrogens with zero attached hydrogens (tertiary/aromatic N) is 1. The summed E-state index contributed by atoms with van der Waals surface area (Å²) >= 11 is 0. The van der Waals surface area contributed by atoms with E-state index in [0.717, 1.165) is 25.7 Å². The third kappa shape index (κ3) is 4.29. The Hall–Kier alpha value is -1.39. The summed E-state index contributed by atoms with van der Waals surface area (Å²) in [5.74, 6) is 0.0994. The summed E-state index contributed by atoms with van der Waals surface area (Å²) in [6, 6.07) is 10.5. The van der Waals surface area contributed by atoms with Crippen LogP contribution in [0.4, 0.5) is 0 Å². The second kappa shape index (κ2) is 7.57. The molecule has 4 nitrogen and oxygen atoms in total. The van der Waals surface area contributed by atoms with Crippen LogP contribution in [0.3, 0.4) is 0 Å². The number of hydrogen-bond donors (Lipinski definition) is 2. The molecule has 3 unspecified atom stereocenters. The summed E-state index contributed by atoms with van der Waals surface area (Å²) in [7, 11) is 4.08. The van der Waals surface area contributed by atoms with Crippen LogP contribution in [0.5, 0.6) is 0 Å². The first-order valence-corrected chi connectivity index (χ1v) is 7.84. The van der Waals surface area contributed by atoms with Crippen LogP contribution in [0.1, 0.15) is 37.3 Å². The number of rotatable bonds is 5. The van der Waals surface area contributed by atoms with Gasteiger partial charge in [-0.3, -0.25) is 4.79 Å². The third-order valence-electron chi connectivity index (χ3n) is 4.43.